The molecule has 1 aromatic carbocycles. The van der Waals surface area contributed by atoms with E-state index in [1.807, 2.05) is 0 Å². The predicted octanol–water partition coefficient (Wildman–Crippen LogP) is 4.05. The van der Waals surface area contributed by atoms with Gasteiger partial charge >= 0.3 is 0 Å². The van der Waals surface area contributed by atoms with Crippen LogP contribution in [0.15, 0.2) is 16.6 Å². The van der Waals surface area contributed by atoms with Gasteiger partial charge in [-0.25, -0.2) is 9.37 Å². The number of hydrogen-bond acceptors (Lipinski definition) is 1. The van der Waals surface area contributed by atoms with E-state index in [2.05, 4.69) is 46.7 Å². The van der Waals surface area contributed by atoms with Crippen molar-refractivity contribution in [3.05, 3.63) is 28.2 Å². The summed E-state index contributed by atoms with van der Waals surface area (Å²) in [6, 6.07) is 3.17. The third kappa shape index (κ3) is 2.43. The summed E-state index contributed by atoms with van der Waals surface area (Å²) in [5.41, 5.74) is 1.72. The normalized spacial score (nSPS) is 12.3. The van der Waals surface area contributed by atoms with Crippen LogP contribution in [0.25, 0.3) is 11.0 Å². The van der Waals surface area contributed by atoms with Crippen molar-refractivity contribution < 1.29 is 4.39 Å². The molecular weight excluding hydrogens is 271 g/mol. The molecule has 16 heavy (non-hydrogen) atoms. The van der Waals surface area contributed by atoms with Crippen LogP contribution in [0.4, 0.5) is 4.39 Å². The number of benzene rings is 1. The van der Waals surface area contributed by atoms with E-state index < -0.39 is 0 Å². The molecule has 2 rings (SSSR count). The Bertz CT molecular complexity index is 487. The van der Waals surface area contributed by atoms with Gasteiger partial charge in [0.2, 0.25) is 0 Å². The molecule has 0 saturated carbocycles. The van der Waals surface area contributed by atoms with Gasteiger partial charge in [-0.15, -0.1) is 0 Å². The van der Waals surface area contributed by atoms with Gasteiger partial charge in [0.15, 0.2) is 0 Å². The summed E-state index contributed by atoms with van der Waals surface area (Å²) in [4.78, 5) is 7.60. The van der Waals surface area contributed by atoms with Gasteiger partial charge in [-0.1, -0.05) is 20.8 Å². The highest BCUT2D eigenvalue weighted by Gasteiger charge is 2.15. The first-order valence-corrected chi connectivity index (χ1v) is 5.98. The number of fused-ring (bicyclic) bond motifs is 1. The van der Waals surface area contributed by atoms with E-state index in [1.165, 1.54) is 6.07 Å². The Morgan fingerprint density at radius 3 is 2.69 bits per heavy atom. The van der Waals surface area contributed by atoms with Crippen LogP contribution in [0, 0.1) is 11.2 Å². The smallest absolute Gasteiger partial charge is 0.139 e. The number of hydrogen-bond donors (Lipinski definition) is 1. The van der Waals surface area contributed by atoms with Crippen LogP contribution in [0.5, 0.6) is 0 Å². The lowest BCUT2D eigenvalue weighted by Gasteiger charge is -2.15. The monoisotopic (exact) mass is 284 g/mol. The minimum atomic E-state index is -0.265. The number of aromatic nitrogens is 2. The highest BCUT2D eigenvalue weighted by molar-refractivity contribution is 9.10. The number of H-pyrrole nitrogens is 1. The van der Waals surface area contributed by atoms with Crippen LogP contribution < -0.4 is 0 Å². The maximum absolute atomic E-state index is 13.3. The van der Waals surface area contributed by atoms with Gasteiger partial charge in [-0.05, 0) is 27.4 Å². The second kappa shape index (κ2) is 3.84. The SMILES string of the molecule is CC(C)(C)Cc1nc2cc(Br)c(F)cc2[nH]1. The molecule has 4 heteroatoms. The Balaban J connectivity index is 2.44. The van der Waals surface area contributed by atoms with Crippen molar-refractivity contribution in [3.63, 3.8) is 0 Å². The molecule has 0 fully saturated rings. The zero-order valence-electron chi connectivity index (χ0n) is 9.56. The lowest BCUT2D eigenvalue weighted by molar-refractivity contribution is 0.402. The Kier molecular flexibility index (Phi) is 2.78. The molecule has 1 N–H and O–H groups in total. The molecule has 2 nitrogen and oxygen atoms in total. The highest BCUT2D eigenvalue weighted by Crippen LogP contribution is 2.24. The van der Waals surface area contributed by atoms with Crippen molar-refractivity contribution >= 4 is 27.0 Å². The fraction of sp³-hybridized carbons (Fsp3) is 0.417. The number of rotatable bonds is 1. The molecule has 0 atom stereocenters. The van der Waals surface area contributed by atoms with Crippen LogP contribution in [0.2, 0.25) is 0 Å². The molecule has 0 unspecified atom stereocenters. The van der Waals surface area contributed by atoms with Crippen molar-refractivity contribution in [1.82, 2.24) is 9.97 Å². The Morgan fingerprint density at radius 1 is 1.38 bits per heavy atom. The summed E-state index contributed by atoms with van der Waals surface area (Å²) < 4.78 is 13.8. The molecule has 0 aliphatic carbocycles. The van der Waals surface area contributed by atoms with E-state index in [9.17, 15) is 4.39 Å². The first kappa shape index (κ1) is 11.6. The van der Waals surface area contributed by atoms with E-state index in [4.69, 9.17) is 0 Å². The fourth-order valence-corrected chi connectivity index (χ4v) is 1.98. The molecule has 0 amide bonds. The van der Waals surface area contributed by atoms with Crippen molar-refractivity contribution in [2.45, 2.75) is 27.2 Å². The van der Waals surface area contributed by atoms with Gasteiger partial charge in [0.25, 0.3) is 0 Å². The molecule has 0 aliphatic rings. The van der Waals surface area contributed by atoms with E-state index >= 15 is 0 Å². The summed E-state index contributed by atoms with van der Waals surface area (Å²) in [7, 11) is 0. The minimum Gasteiger partial charge on any atom is -0.342 e. The Hall–Kier alpha value is -0.900. The largest absolute Gasteiger partial charge is 0.342 e. The van der Waals surface area contributed by atoms with Crippen LogP contribution in [0.1, 0.15) is 26.6 Å². The van der Waals surface area contributed by atoms with Crippen LogP contribution in [-0.2, 0) is 6.42 Å². The van der Waals surface area contributed by atoms with Gasteiger partial charge in [-0.2, -0.15) is 0 Å². The first-order chi connectivity index (χ1) is 7.35. The molecule has 1 aromatic heterocycles. The molecule has 0 saturated heterocycles. The molecule has 1 heterocycles. The van der Waals surface area contributed by atoms with Crippen molar-refractivity contribution in [2.75, 3.05) is 0 Å². The number of halogens is 2. The Labute approximate surface area is 102 Å². The average molecular weight is 285 g/mol. The zero-order chi connectivity index (χ0) is 11.9. The topological polar surface area (TPSA) is 28.7 Å². The summed E-state index contributed by atoms with van der Waals surface area (Å²) >= 11 is 3.16. The van der Waals surface area contributed by atoms with Gasteiger partial charge in [-0.3, -0.25) is 0 Å². The summed E-state index contributed by atoms with van der Waals surface area (Å²) in [6.07, 6.45) is 0.848. The number of nitrogens with one attached hydrogen (secondary N) is 1. The maximum atomic E-state index is 13.3. The molecule has 0 spiro atoms. The van der Waals surface area contributed by atoms with Crippen LogP contribution >= 0.6 is 15.9 Å². The molecular formula is C12H14BrFN2. The van der Waals surface area contributed by atoms with E-state index in [-0.39, 0.29) is 11.2 Å². The standard InChI is InChI=1S/C12H14BrFN2/c1-12(2,3)6-11-15-9-4-7(13)8(14)5-10(9)16-11/h4-5H,6H2,1-3H3,(H,15,16). The maximum Gasteiger partial charge on any atom is 0.139 e. The van der Waals surface area contributed by atoms with E-state index in [1.54, 1.807) is 6.07 Å². The first-order valence-electron chi connectivity index (χ1n) is 5.19. The van der Waals surface area contributed by atoms with Gasteiger partial charge < -0.3 is 4.98 Å². The van der Waals surface area contributed by atoms with Crippen LogP contribution in [0.3, 0.4) is 0 Å². The summed E-state index contributed by atoms with van der Waals surface area (Å²) in [6.45, 7) is 6.45. The second-order valence-electron chi connectivity index (χ2n) is 5.20. The van der Waals surface area contributed by atoms with Crippen molar-refractivity contribution in [1.29, 1.82) is 0 Å². The lowest BCUT2D eigenvalue weighted by Crippen LogP contribution is -2.10. The third-order valence-corrected chi connectivity index (χ3v) is 2.88. The van der Waals surface area contributed by atoms with Crippen molar-refractivity contribution in [3.8, 4) is 0 Å². The number of nitrogens with zero attached hydrogens (tertiary/aromatic N) is 1. The predicted molar refractivity (Wildman–Crippen MR) is 66.9 cm³/mol. The third-order valence-electron chi connectivity index (χ3n) is 2.27. The zero-order valence-corrected chi connectivity index (χ0v) is 11.2. The molecule has 0 radical (unpaired) electrons. The van der Waals surface area contributed by atoms with Gasteiger partial charge in [0.1, 0.15) is 11.6 Å². The number of imidazole rings is 1. The van der Waals surface area contributed by atoms with Crippen molar-refractivity contribution in [2.24, 2.45) is 5.41 Å². The second-order valence-corrected chi connectivity index (χ2v) is 6.06. The minimum absolute atomic E-state index is 0.170. The number of aromatic amines is 1. The summed E-state index contributed by atoms with van der Waals surface area (Å²) in [5, 5.41) is 0. The average Bonchev–Trinajstić information content (AvgIpc) is 2.44. The molecule has 0 aliphatic heterocycles. The van der Waals surface area contributed by atoms with E-state index in [0.29, 0.717) is 4.47 Å². The van der Waals surface area contributed by atoms with Gasteiger partial charge in [0.05, 0.1) is 15.5 Å². The molecule has 86 valence electrons. The van der Waals surface area contributed by atoms with E-state index in [0.717, 1.165) is 23.3 Å². The fourth-order valence-electron chi connectivity index (χ4n) is 1.64. The van der Waals surface area contributed by atoms with Crippen LogP contribution in [-0.4, -0.2) is 9.97 Å². The molecule has 2 aromatic rings. The Morgan fingerprint density at radius 2 is 2.06 bits per heavy atom. The van der Waals surface area contributed by atoms with Gasteiger partial charge in [0, 0.05) is 12.5 Å². The summed E-state index contributed by atoms with van der Waals surface area (Å²) in [5.74, 6) is 0.637. The lowest BCUT2D eigenvalue weighted by atomic mass is 9.92. The molecule has 0 bridgehead atoms. The quantitative estimate of drug-likeness (QED) is 0.841. The highest BCUT2D eigenvalue weighted by atomic mass is 79.9.